The van der Waals surface area contributed by atoms with Crippen molar-refractivity contribution in [2.24, 2.45) is 0 Å². The second-order valence-corrected chi connectivity index (χ2v) is 8.24. The number of hydrogen-bond donors (Lipinski definition) is 0. The molecule has 0 bridgehead atoms. The molecule has 0 saturated carbocycles. The Kier molecular flexibility index (Phi) is 4.96. The van der Waals surface area contributed by atoms with Crippen LogP contribution in [0.2, 0.25) is 0 Å². The standard InChI is InChI=1S/C22H28N4O2/c1-16-6-4-7-18(12-16)28-14-19(27)26-11-5-9-22(15-26)10-8-17-13-23-21(25(2)3)24-20(17)22/h4,6-7,12-13H,5,8-11,14-15H2,1-3H3. The highest BCUT2D eigenvalue weighted by Crippen LogP contribution is 2.44. The van der Waals surface area contributed by atoms with Gasteiger partial charge in [0, 0.05) is 38.8 Å². The zero-order valence-electron chi connectivity index (χ0n) is 16.9. The van der Waals surface area contributed by atoms with Crippen LogP contribution >= 0.6 is 0 Å². The average molecular weight is 380 g/mol. The van der Waals surface area contributed by atoms with Crippen molar-refractivity contribution < 1.29 is 9.53 Å². The number of carbonyl (C=O) groups is 1. The van der Waals surface area contributed by atoms with E-state index < -0.39 is 0 Å². The zero-order valence-corrected chi connectivity index (χ0v) is 16.9. The fraction of sp³-hybridized carbons (Fsp3) is 0.500. The highest BCUT2D eigenvalue weighted by Gasteiger charge is 2.44. The van der Waals surface area contributed by atoms with Crippen molar-refractivity contribution in [3.05, 3.63) is 47.3 Å². The number of piperidine rings is 1. The second kappa shape index (κ2) is 7.41. The van der Waals surface area contributed by atoms with E-state index in [1.807, 2.05) is 61.3 Å². The van der Waals surface area contributed by atoms with E-state index in [2.05, 4.69) is 4.98 Å². The van der Waals surface area contributed by atoms with E-state index >= 15 is 0 Å². The number of likely N-dealkylation sites (tertiary alicyclic amines) is 1. The van der Waals surface area contributed by atoms with E-state index in [-0.39, 0.29) is 17.9 Å². The van der Waals surface area contributed by atoms with Crippen LogP contribution in [0.5, 0.6) is 5.75 Å². The van der Waals surface area contributed by atoms with Crippen LogP contribution in [0.15, 0.2) is 30.5 Å². The Morgan fingerprint density at radius 1 is 1.32 bits per heavy atom. The van der Waals surface area contributed by atoms with Gasteiger partial charge in [-0.2, -0.15) is 0 Å². The summed E-state index contributed by atoms with van der Waals surface area (Å²) in [4.78, 5) is 26.1. The van der Waals surface area contributed by atoms with Crippen molar-refractivity contribution in [3.8, 4) is 5.75 Å². The lowest BCUT2D eigenvalue weighted by atomic mass is 9.77. The minimum Gasteiger partial charge on any atom is -0.484 e. The number of hydrogen-bond acceptors (Lipinski definition) is 5. The maximum absolute atomic E-state index is 12.8. The number of amides is 1. The average Bonchev–Trinajstić information content (AvgIpc) is 3.03. The molecule has 1 saturated heterocycles. The Bertz CT molecular complexity index is 879. The van der Waals surface area contributed by atoms with Gasteiger partial charge in [-0.15, -0.1) is 0 Å². The highest BCUT2D eigenvalue weighted by atomic mass is 16.5. The lowest BCUT2D eigenvalue weighted by Gasteiger charge is -2.40. The molecule has 6 nitrogen and oxygen atoms in total. The summed E-state index contributed by atoms with van der Waals surface area (Å²) in [6.07, 6.45) is 6.07. The SMILES string of the molecule is Cc1cccc(OCC(=O)N2CCCC3(CCc4cnc(N(C)C)nc43)C2)c1. The predicted octanol–water partition coefficient (Wildman–Crippen LogP) is 2.74. The van der Waals surface area contributed by atoms with Crippen LogP contribution in [0, 0.1) is 6.92 Å². The Labute approximate surface area is 166 Å². The summed E-state index contributed by atoms with van der Waals surface area (Å²) in [7, 11) is 3.92. The number of fused-ring (bicyclic) bond motifs is 2. The first-order chi connectivity index (χ1) is 13.5. The first kappa shape index (κ1) is 18.7. The van der Waals surface area contributed by atoms with Gasteiger partial charge in [-0.3, -0.25) is 4.79 Å². The summed E-state index contributed by atoms with van der Waals surface area (Å²) in [5.74, 6) is 1.54. The molecule has 1 aromatic carbocycles. The number of aryl methyl sites for hydroxylation is 2. The van der Waals surface area contributed by atoms with Gasteiger partial charge in [-0.25, -0.2) is 9.97 Å². The molecule has 1 spiro atoms. The van der Waals surface area contributed by atoms with Gasteiger partial charge in [0.15, 0.2) is 6.61 Å². The third-order valence-corrected chi connectivity index (χ3v) is 5.91. The van der Waals surface area contributed by atoms with Crippen LogP contribution in [0.4, 0.5) is 5.95 Å². The van der Waals surface area contributed by atoms with Crippen LogP contribution < -0.4 is 9.64 Å². The normalized spacial score (nSPS) is 20.9. The maximum Gasteiger partial charge on any atom is 0.260 e. The topological polar surface area (TPSA) is 58.6 Å². The molecular weight excluding hydrogens is 352 g/mol. The van der Waals surface area contributed by atoms with Crippen molar-refractivity contribution >= 4 is 11.9 Å². The maximum atomic E-state index is 12.8. The Hall–Kier alpha value is -2.63. The molecule has 1 aliphatic heterocycles. The van der Waals surface area contributed by atoms with Gasteiger partial charge < -0.3 is 14.5 Å². The quantitative estimate of drug-likeness (QED) is 0.816. The minimum absolute atomic E-state index is 0.0414. The fourth-order valence-corrected chi connectivity index (χ4v) is 4.43. The summed E-state index contributed by atoms with van der Waals surface area (Å²) in [5.41, 5.74) is 3.46. The molecule has 0 radical (unpaired) electrons. The number of carbonyl (C=O) groups excluding carboxylic acids is 1. The lowest BCUT2D eigenvalue weighted by molar-refractivity contribution is -0.135. The third kappa shape index (κ3) is 3.55. The van der Waals surface area contributed by atoms with Crippen LogP contribution in [0.1, 0.15) is 36.1 Å². The number of nitrogens with zero attached hydrogens (tertiary/aromatic N) is 4. The molecule has 1 atom stereocenters. The van der Waals surface area contributed by atoms with E-state index in [9.17, 15) is 4.79 Å². The molecule has 1 aromatic heterocycles. The van der Waals surface area contributed by atoms with Gasteiger partial charge in [-0.05, 0) is 55.9 Å². The number of rotatable bonds is 4. The van der Waals surface area contributed by atoms with Gasteiger partial charge >= 0.3 is 0 Å². The smallest absolute Gasteiger partial charge is 0.260 e. The van der Waals surface area contributed by atoms with Gasteiger partial charge in [-0.1, -0.05) is 12.1 Å². The van der Waals surface area contributed by atoms with Gasteiger partial charge in [0.1, 0.15) is 5.75 Å². The van der Waals surface area contributed by atoms with Crippen molar-refractivity contribution in [2.45, 2.75) is 38.0 Å². The van der Waals surface area contributed by atoms with E-state index in [0.717, 1.165) is 61.7 Å². The summed E-state index contributed by atoms with van der Waals surface area (Å²) >= 11 is 0. The number of benzene rings is 1. The van der Waals surface area contributed by atoms with Crippen LogP contribution in [-0.2, 0) is 16.6 Å². The Morgan fingerprint density at radius 2 is 2.18 bits per heavy atom. The van der Waals surface area contributed by atoms with Crippen molar-refractivity contribution in [1.82, 2.24) is 14.9 Å². The van der Waals surface area contributed by atoms with Crippen molar-refractivity contribution in [1.29, 1.82) is 0 Å². The summed E-state index contributed by atoms with van der Waals surface area (Å²) in [6, 6.07) is 7.82. The Balaban J connectivity index is 1.48. The van der Waals surface area contributed by atoms with Crippen molar-refractivity contribution in [2.75, 3.05) is 38.7 Å². The van der Waals surface area contributed by atoms with Gasteiger partial charge in [0.2, 0.25) is 5.95 Å². The van der Waals surface area contributed by atoms with E-state index in [4.69, 9.17) is 9.72 Å². The van der Waals surface area contributed by atoms with Crippen LogP contribution in [0.25, 0.3) is 0 Å². The predicted molar refractivity (Wildman–Crippen MR) is 109 cm³/mol. The molecule has 148 valence electrons. The molecule has 1 unspecified atom stereocenters. The van der Waals surface area contributed by atoms with Crippen molar-refractivity contribution in [3.63, 3.8) is 0 Å². The molecule has 0 N–H and O–H groups in total. The molecule has 1 fully saturated rings. The number of ether oxygens (including phenoxy) is 1. The molecule has 2 aromatic rings. The number of aromatic nitrogens is 2. The molecule has 4 rings (SSSR count). The van der Waals surface area contributed by atoms with Crippen LogP contribution in [-0.4, -0.2) is 54.6 Å². The molecule has 1 aliphatic carbocycles. The van der Waals surface area contributed by atoms with E-state index in [1.54, 1.807) is 0 Å². The monoisotopic (exact) mass is 380 g/mol. The van der Waals surface area contributed by atoms with Gasteiger partial charge in [0.25, 0.3) is 5.91 Å². The largest absolute Gasteiger partial charge is 0.484 e. The molecule has 1 amide bonds. The Morgan fingerprint density at radius 3 is 2.96 bits per heavy atom. The zero-order chi connectivity index (χ0) is 19.7. The second-order valence-electron chi connectivity index (χ2n) is 8.24. The number of anilines is 1. The minimum atomic E-state index is -0.0414. The summed E-state index contributed by atoms with van der Waals surface area (Å²) in [5, 5.41) is 0. The molecule has 2 heterocycles. The fourth-order valence-electron chi connectivity index (χ4n) is 4.43. The first-order valence-electron chi connectivity index (χ1n) is 9.98. The third-order valence-electron chi connectivity index (χ3n) is 5.91. The first-order valence-corrected chi connectivity index (χ1v) is 9.98. The lowest BCUT2D eigenvalue weighted by Crippen LogP contribution is -2.49. The molecular formula is C22H28N4O2. The van der Waals surface area contributed by atoms with Crippen LogP contribution in [0.3, 0.4) is 0 Å². The van der Waals surface area contributed by atoms with Gasteiger partial charge in [0.05, 0.1) is 5.69 Å². The summed E-state index contributed by atoms with van der Waals surface area (Å²) < 4.78 is 5.75. The molecule has 2 aliphatic rings. The molecule has 28 heavy (non-hydrogen) atoms. The molecule has 6 heteroatoms. The van der Waals surface area contributed by atoms with E-state index in [1.165, 1.54) is 5.56 Å². The highest BCUT2D eigenvalue weighted by molar-refractivity contribution is 5.78. The van der Waals surface area contributed by atoms with E-state index in [0.29, 0.717) is 0 Å². The summed E-state index contributed by atoms with van der Waals surface area (Å²) in [6.45, 7) is 3.61.